The van der Waals surface area contributed by atoms with Gasteiger partial charge in [-0.25, -0.2) is 4.39 Å². The van der Waals surface area contributed by atoms with Gasteiger partial charge in [0.15, 0.2) is 0 Å². The molecule has 0 saturated carbocycles. The maximum absolute atomic E-state index is 12.7. The summed E-state index contributed by atoms with van der Waals surface area (Å²) in [5.41, 5.74) is -2.21. The molecule has 8 heteroatoms. The maximum atomic E-state index is 12.7. The van der Waals surface area contributed by atoms with Crippen LogP contribution in [0.3, 0.4) is 0 Å². The van der Waals surface area contributed by atoms with Gasteiger partial charge in [-0.3, -0.25) is 10.1 Å². The highest BCUT2D eigenvalue weighted by Crippen LogP contribution is 2.37. The van der Waals surface area contributed by atoms with Gasteiger partial charge in [-0.2, -0.15) is 0 Å². The van der Waals surface area contributed by atoms with E-state index >= 15 is 0 Å². The Labute approximate surface area is 80.5 Å². The lowest BCUT2D eigenvalue weighted by Crippen LogP contribution is -2.03. The van der Waals surface area contributed by atoms with Crippen LogP contribution in [-0.2, 0) is 0 Å². The maximum Gasteiger partial charge on any atom is 0.299 e. The summed E-state index contributed by atoms with van der Waals surface area (Å²) in [4.78, 5) is 9.18. The van der Waals surface area contributed by atoms with Crippen molar-refractivity contribution in [1.29, 1.82) is 0 Å². The predicted octanol–water partition coefficient (Wildman–Crippen LogP) is 2.96. The second kappa shape index (κ2) is 3.70. The molecule has 0 bridgehead atoms. The standard InChI is InChI=1S/C6H2ClF3N2O2/c7-5-3(8)1-2-4(12(13)14)6(5)11(9)10/h1-2H. The van der Waals surface area contributed by atoms with Crippen LogP contribution in [0.15, 0.2) is 12.1 Å². The van der Waals surface area contributed by atoms with E-state index in [0.717, 1.165) is 0 Å². The molecule has 4 nitrogen and oxygen atoms in total. The minimum Gasteiger partial charge on any atom is -0.258 e. The van der Waals surface area contributed by atoms with Crippen molar-refractivity contribution in [3.05, 3.63) is 33.1 Å². The van der Waals surface area contributed by atoms with Gasteiger partial charge in [0.2, 0.25) is 5.69 Å². The fraction of sp³-hybridized carbons (Fsp3) is 0. The first kappa shape index (κ1) is 10.6. The number of halogens is 4. The third kappa shape index (κ3) is 1.72. The molecular formula is C6H2ClF3N2O2. The Morgan fingerprint density at radius 1 is 1.43 bits per heavy atom. The van der Waals surface area contributed by atoms with E-state index in [1.807, 2.05) is 0 Å². The number of rotatable bonds is 2. The van der Waals surface area contributed by atoms with E-state index in [1.165, 1.54) is 0 Å². The molecule has 0 N–H and O–H groups in total. The molecule has 0 atom stereocenters. The molecule has 0 amide bonds. The largest absolute Gasteiger partial charge is 0.299 e. The van der Waals surface area contributed by atoms with E-state index in [-0.39, 0.29) is 0 Å². The van der Waals surface area contributed by atoms with E-state index in [9.17, 15) is 23.5 Å². The van der Waals surface area contributed by atoms with E-state index < -0.39 is 32.5 Å². The SMILES string of the molecule is O=[N+]([O-])c1ccc(F)c(Cl)c1N(F)F. The first-order valence-corrected chi connectivity index (χ1v) is 3.57. The summed E-state index contributed by atoms with van der Waals surface area (Å²) in [6.45, 7) is 0. The molecule has 14 heavy (non-hydrogen) atoms. The molecule has 0 saturated heterocycles. The van der Waals surface area contributed by atoms with Gasteiger partial charge in [-0.15, -0.1) is 0 Å². The van der Waals surface area contributed by atoms with Gasteiger partial charge in [0.1, 0.15) is 10.8 Å². The average molecular weight is 227 g/mol. The van der Waals surface area contributed by atoms with Gasteiger partial charge in [-0.1, -0.05) is 20.6 Å². The molecule has 0 aliphatic carbocycles. The van der Waals surface area contributed by atoms with Crippen LogP contribution in [0.5, 0.6) is 0 Å². The second-order valence-corrected chi connectivity index (χ2v) is 2.60. The predicted molar refractivity (Wildman–Crippen MR) is 42.8 cm³/mol. The smallest absolute Gasteiger partial charge is 0.258 e. The van der Waals surface area contributed by atoms with Crippen LogP contribution < -0.4 is 5.34 Å². The van der Waals surface area contributed by atoms with Crippen LogP contribution in [0.1, 0.15) is 0 Å². The van der Waals surface area contributed by atoms with Crippen molar-refractivity contribution in [3.63, 3.8) is 0 Å². The molecule has 0 spiro atoms. The number of nitro benzene ring substituents is 1. The van der Waals surface area contributed by atoms with E-state index in [1.54, 1.807) is 0 Å². The van der Waals surface area contributed by atoms with Crippen LogP contribution in [-0.4, -0.2) is 4.92 Å². The zero-order valence-electron chi connectivity index (χ0n) is 6.38. The Morgan fingerprint density at radius 2 is 2.00 bits per heavy atom. The van der Waals surface area contributed by atoms with Gasteiger partial charge < -0.3 is 0 Å². The van der Waals surface area contributed by atoms with E-state index in [0.29, 0.717) is 12.1 Å². The number of nitrogens with zero attached hydrogens (tertiary/aromatic N) is 2. The van der Waals surface area contributed by atoms with Crippen molar-refractivity contribution in [2.24, 2.45) is 0 Å². The lowest BCUT2D eigenvalue weighted by atomic mass is 10.2. The summed E-state index contributed by atoms with van der Waals surface area (Å²) < 4.78 is 36.9. The van der Waals surface area contributed by atoms with Crippen LogP contribution >= 0.6 is 11.6 Å². The molecule has 0 unspecified atom stereocenters. The molecule has 0 aliphatic heterocycles. The summed E-state index contributed by atoms with van der Waals surface area (Å²) in [7, 11) is 0. The van der Waals surface area contributed by atoms with Gasteiger partial charge in [0, 0.05) is 6.07 Å². The molecule has 1 rings (SSSR count). The van der Waals surface area contributed by atoms with Crippen molar-refractivity contribution in [2.45, 2.75) is 0 Å². The zero-order valence-corrected chi connectivity index (χ0v) is 7.13. The Morgan fingerprint density at radius 3 is 2.43 bits per heavy atom. The zero-order chi connectivity index (χ0) is 10.9. The molecule has 1 aromatic rings. The highest BCUT2D eigenvalue weighted by Gasteiger charge is 2.25. The summed E-state index contributed by atoms with van der Waals surface area (Å²) >= 11 is 5.14. The van der Waals surface area contributed by atoms with E-state index in [2.05, 4.69) is 0 Å². The third-order valence-corrected chi connectivity index (χ3v) is 1.77. The summed E-state index contributed by atoms with van der Waals surface area (Å²) in [5.74, 6) is -1.15. The van der Waals surface area contributed by atoms with Crippen LogP contribution in [0, 0.1) is 15.9 Å². The molecule has 0 aromatic heterocycles. The number of anilines is 1. The Hall–Kier alpha value is -1.50. The first-order valence-electron chi connectivity index (χ1n) is 3.19. The van der Waals surface area contributed by atoms with E-state index in [4.69, 9.17) is 11.6 Å². The number of nitro groups is 1. The minimum absolute atomic E-state index is 0.614. The van der Waals surface area contributed by atoms with Crippen LogP contribution in [0.25, 0.3) is 0 Å². The second-order valence-electron chi connectivity index (χ2n) is 2.22. The minimum atomic E-state index is -1.59. The van der Waals surface area contributed by atoms with Gasteiger partial charge in [0.25, 0.3) is 5.69 Å². The molecule has 0 heterocycles. The fourth-order valence-electron chi connectivity index (χ4n) is 0.838. The monoisotopic (exact) mass is 226 g/mol. The Kier molecular flexibility index (Phi) is 2.80. The number of benzene rings is 1. The van der Waals surface area contributed by atoms with Crippen LogP contribution in [0.2, 0.25) is 5.02 Å². The molecule has 0 radical (unpaired) electrons. The molecule has 1 aromatic carbocycles. The van der Waals surface area contributed by atoms with Gasteiger partial charge in [-0.05, 0) is 11.4 Å². The third-order valence-electron chi connectivity index (χ3n) is 1.41. The molecule has 0 aliphatic rings. The summed E-state index contributed by atoms with van der Waals surface area (Å²) in [6.07, 6.45) is 0. The average Bonchev–Trinajstić information content (AvgIpc) is 2.08. The Bertz CT molecular complexity index is 386. The van der Waals surface area contributed by atoms with Gasteiger partial charge >= 0.3 is 0 Å². The molecule has 76 valence electrons. The Balaban J connectivity index is 3.45. The number of hydrogen-bond donors (Lipinski definition) is 0. The topological polar surface area (TPSA) is 46.4 Å². The summed E-state index contributed by atoms with van der Waals surface area (Å²) in [5, 5.41) is 7.68. The highest BCUT2D eigenvalue weighted by molar-refractivity contribution is 6.33. The van der Waals surface area contributed by atoms with Gasteiger partial charge in [0.05, 0.1) is 4.92 Å². The first-order chi connectivity index (χ1) is 6.45. The highest BCUT2D eigenvalue weighted by atomic mass is 35.5. The van der Waals surface area contributed by atoms with Crippen molar-refractivity contribution < 1.29 is 18.3 Å². The van der Waals surface area contributed by atoms with Crippen LogP contribution in [0.4, 0.5) is 24.7 Å². The van der Waals surface area contributed by atoms with Crippen molar-refractivity contribution >= 4 is 23.0 Å². The molecule has 0 fully saturated rings. The van der Waals surface area contributed by atoms with Crippen molar-refractivity contribution in [3.8, 4) is 0 Å². The summed E-state index contributed by atoms with van der Waals surface area (Å²) in [6, 6.07) is 1.26. The quantitative estimate of drug-likeness (QED) is 0.442. The van der Waals surface area contributed by atoms with Crippen molar-refractivity contribution in [2.75, 3.05) is 5.34 Å². The fourth-order valence-corrected chi connectivity index (χ4v) is 1.06. The molecular weight excluding hydrogens is 225 g/mol. The lowest BCUT2D eigenvalue weighted by molar-refractivity contribution is -0.384. The lowest BCUT2D eigenvalue weighted by Gasteiger charge is -2.05. The normalized spacial score (nSPS) is 10.0. The van der Waals surface area contributed by atoms with Crippen molar-refractivity contribution in [1.82, 2.24) is 0 Å². The number of hydrogen-bond acceptors (Lipinski definition) is 3.